The minimum Gasteiger partial charge on any atom is -0.481 e. The van der Waals surface area contributed by atoms with Gasteiger partial charge in [-0.2, -0.15) is 0 Å². The van der Waals surface area contributed by atoms with Gasteiger partial charge in [-0.15, -0.1) is 0 Å². The van der Waals surface area contributed by atoms with E-state index in [-0.39, 0.29) is 12.0 Å². The molecule has 4 nitrogen and oxygen atoms in total. The van der Waals surface area contributed by atoms with Crippen molar-refractivity contribution in [3.05, 3.63) is 35.4 Å². The zero-order valence-corrected chi connectivity index (χ0v) is 12.4. The third kappa shape index (κ3) is 3.35. The fourth-order valence-corrected chi connectivity index (χ4v) is 3.08. The minimum atomic E-state index is -0.702. The molecule has 0 aliphatic carbocycles. The molecule has 0 radical (unpaired) electrons. The van der Waals surface area contributed by atoms with E-state index in [4.69, 9.17) is 23.1 Å². The van der Waals surface area contributed by atoms with Crippen molar-refractivity contribution in [2.75, 3.05) is 13.1 Å². The molecule has 0 spiro atoms. The van der Waals surface area contributed by atoms with Crippen LogP contribution in [-0.2, 0) is 4.79 Å². The molecule has 1 aromatic carbocycles. The van der Waals surface area contributed by atoms with E-state index in [2.05, 4.69) is 11.0 Å². The largest absolute Gasteiger partial charge is 0.481 e. The van der Waals surface area contributed by atoms with Gasteiger partial charge in [-0.05, 0) is 38.4 Å². The molecule has 1 heterocycles. The molecule has 3 N–H and O–H groups in total. The van der Waals surface area contributed by atoms with Crippen molar-refractivity contribution < 1.29 is 9.90 Å². The highest BCUT2D eigenvalue weighted by Gasteiger charge is 2.30. The Labute approximate surface area is 124 Å². The Morgan fingerprint density at radius 3 is 2.60 bits per heavy atom. The SMILES string of the molecule is Cc1cccc(C(C(N)=S)N2CCC(C(=O)O)CC2)c1. The summed E-state index contributed by atoms with van der Waals surface area (Å²) in [6.07, 6.45) is 1.31. The number of carbonyl (C=O) groups is 1. The Balaban J connectivity index is 2.15. The number of hydrogen-bond acceptors (Lipinski definition) is 3. The van der Waals surface area contributed by atoms with Gasteiger partial charge in [-0.3, -0.25) is 9.69 Å². The van der Waals surface area contributed by atoms with Crippen molar-refractivity contribution in [1.29, 1.82) is 0 Å². The van der Waals surface area contributed by atoms with Crippen molar-refractivity contribution in [2.24, 2.45) is 11.7 Å². The Hall–Kier alpha value is -1.46. The van der Waals surface area contributed by atoms with Gasteiger partial charge in [0.05, 0.1) is 16.9 Å². The summed E-state index contributed by atoms with van der Waals surface area (Å²) in [5.74, 6) is -0.942. The molecule has 0 aromatic heterocycles. The maximum Gasteiger partial charge on any atom is 0.306 e. The Kier molecular flexibility index (Phi) is 4.73. The fourth-order valence-electron chi connectivity index (χ4n) is 2.80. The van der Waals surface area contributed by atoms with E-state index in [0.717, 1.165) is 5.56 Å². The predicted octanol–water partition coefficient (Wildman–Crippen LogP) is 2.12. The van der Waals surface area contributed by atoms with Crippen LogP contribution in [0.3, 0.4) is 0 Å². The van der Waals surface area contributed by atoms with Crippen LogP contribution in [0.5, 0.6) is 0 Å². The predicted molar refractivity (Wildman–Crippen MR) is 82.6 cm³/mol. The van der Waals surface area contributed by atoms with Crippen LogP contribution >= 0.6 is 12.2 Å². The van der Waals surface area contributed by atoms with Crippen LogP contribution in [-0.4, -0.2) is 34.1 Å². The number of rotatable bonds is 4. The summed E-state index contributed by atoms with van der Waals surface area (Å²) in [5.41, 5.74) is 8.18. The second-order valence-electron chi connectivity index (χ2n) is 5.37. The highest BCUT2D eigenvalue weighted by atomic mass is 32.1. The molecule has 1 fully saturated rings. The number of hydrogen-bond donors (Lipinski definition) is 2. The van der Waals surface area contributed by atoms with E-state index in [1.54, 1.807) is 0 Å². The molecule has 0 amide bonds. The van der Waals surface area contributed by atoms with Crippen molar-refractivity contribution in [2.45, 2.75) is 25.8 Å². The second kappa shape index (κ2) is 6.33. The zero-order valence-electron chi connectivity index (χ0n) is 11.6. The molecule has 2 rings (SSSR count). The number of piperidine rings is 1. The van der Waals surface area contributed by atoms with E-state index >= 15 is 0 Å². The van der Waals surface area contributed by atoms with Crippen LogP contribution in [0.15, 0.2) is 24.3 Å². The number of nitrogens with two attached hydrogens (primary N) is 1. The smallest absolute Gasteiger partial charge is 0.306 e. The Morgan fingerprint density at radius 2 is 2.10 bits per heavy atom. The van der Waals surface area contributed by atoms with Crippen molar-refractivity contribution >= 4 is 23.2 Å². The van der Waals surface area contributed by atoms with Gasteiger partial charge in [-0.1, -0.05) is 42.0 Å². The van der Waals surface area contributed by atoms with Gasteiger partial charge >= 0.3 is 5.97 Å². The number of aliphatic carboxylic acids is 1. The number of carboxylic acid groups (broad SMARTS) is 1. The fraction of sp³-hybridized carbons (Fsp3) is 0.467. The first-order valence-electron chi connectivity index (χ1n) is 6.82. The topological polar surface area (TPSA) is 66.6 Å². The van der Waals surface area contributed by atoms with Gasteiger partial charge in [0, 0.05) is 0 Å². The summed E-state index contributed by atoms with van der Waals surface area (Å²) in [5, 5.41) is 9.06. The third-order valence-electron chi connectivity index (χ3n) is 3.87. The number of carboxylic acids is 1. The van der Waals surface area contributed by atoms with E-state index in [1.165, 1.54) is 5.56 Å². The van der Waals surface area contributed by atoms with Crippen molar-refractivity contribution in [1.82, 2.24) is 4.90 Å². The number of nitrogens with zero attached hydrogens (tertiary/aromatic N) is 1. The number of thiocarbonyl (C=S) groups is 1. The third-order valence-corrected chi connectivity index (χ3v) is 4.09. The summed E-state index contributed by atoms with van der Waals surface area (Å²) in [6.45, 7) is 3.47. The standard InChI is InChI=1S/C15H20N2O2S/c1-10-3-2-4-12(9-10)13(14(16)20)17-7-5-11(6-8-17)15(18)19/h2-4,9,11,13H,5-8H2,1H3,(H2,16,20)(H,18,19). The molecule has 1 aliphatic heterocycles. The molecule has 1 unspecified atom stereocenters. The average molecular weight is 292 g/mol. The molecule has 0 saturated carbocycles. The maximum atomic E-state index is 11.0. The lowest BCUT2D eigenvalue weighted by Crippen LogP contribution is -2.43. The molecular weight excluding hydrogens is 272 g/mol. The quantitative estimate of drug-likeness (QED) is 0.832. The molecule has 5 heteroatoms. The van der Waals surface area contributed by atoms with Crippen LogP contribution in [0.1, 0.15) is 30.0 Å². The molecule has 1 aromatic rings. The van der Waals surface area contributed by atoms with Gasteiger partial charge in [0.25, 0.3) is 0 Å². The van der Waals surface area contributed by atoms with Crippen LogP contribution in [0.25, 0.3) is 0 Å². The summed E-state index contributed by atoms with van der Waals surface area (Å²) < 4.78 is 0. The van der Waals surface area contributed by atoms with Crippen LogP contribution in [0.2, 0.25) is 0 Å². The van der Waals surface area contributed by atoms with Gasteiger partial charge in [0.1, 0.15) is 0 Å². The normalized spacial score (nSPS) is 18.6. The lowest BCUT2D eigenvalue weighted by Gasteiger charge is -2.36. The van der Waals surface area contributed by atoms with Gasteiger partial charge in [-0.25, -0.2) is 0 Å². The summed E-state index contributed by atoms with van der Waals surface area (Å²) >= 11 is 5.22. The molecule has 1 aliphatic rings. The Morgan fingerprint density at radius 1 is 1.45 bits per heavy atom. The van der Waals surface area contributed by atoms with Gasteiger partial charge in [0.2, 0.25) is 0 Å². The van der Waals surface area contributed by atoms with Gasteiger partial charge < -0.3 is 10.8 Å². The minimum absolute atomic E-state index is 0.0976. The molecule has 1 saturated heterocycles. The van der Waals surface area contributed by atoms with E-state index in [9.17, 15) is 4.79 Å². The number of aryl methyl sites for hydroxylation is 1. The lowest BCUT2D eigenvalue weighted by atomic mass is 9.94. The van der Waals surface area contributed by atoms with Crippen LogP contribution in [0, 0.1) is 12.8 Å². The summed E-state index contributed by atoms with van der Waals surface area (Å²) in [4.78, 5) is 13.6. The summed E-state index contributed by atoms with van der Waals surface area (Å²) in [6, 6.07) is 8.06. The lowest BCUT2D eigenvalue weighted by molar-refractivity contribution is -0.143. The van der Waals surface area contributed by atoms with E-state index in [1.807, 2.05) is 25.1 Å². The summed E-state index contributed by atoms with van der Waals surface area (Å²) in [7, 11) is 0. The van der Waals surface area contributed by atoms with Crippen molar-refractivity contribution in [3.8, 4) is 0 Å². The first-order valence-corrected chi connectivity index (χ1v) is 7.22. The first-order chi connectivity index (χ1) is 9.49. The maximum absolute atomic E-state index is 11.0. The first kappa shape index (κ1) is 14.9. The molecular formula is C15H20N2O2S. The molecule has 20 heavy (non-hydrogen) atoms. The highest BCUT2D eigenvalue weighted by molar-refractivity contribution is 7.80. The molecule has 1 atom stereocenters. The van der Waals surface area contributed by atoms with Crippen LogP contribution in [0.4, 0.5) is 0 Å². The van der Waals surface area contributed by atoms with E-state index < -0.39 is 5.97 Å². The zero-order chi connectivity index (χ0) is 14.7. The molecule has 108 valence electrons. The second-order valence-corrected chi connectivity index (χ2v) is 5.84. The monoisotopic (exact) mass is 292 g/mol. The van der Waals surface area contributed by atoms with Crippen molar-refractivity contribution in [3.63, 3.8) is 0 Å². The molecule has 0 bridgehead atoms. The van der Waals surface area contributed by atoms with E-state index in [0.29, 0.717) is 30.9 Å². The number of likely N-dealkylation sites (tertiary alicyclic amines) is 1. The van der Waals surface area contributed by atoms with Gasteiger partial charge in [0.15, 0.2) is 0 Å². The number of benzene rings is 1. The van der Waals surface area contributed by atoms with Crippen LogP contribution < -0.4 is 5.73 Å². The average Bonchev–Trinajstić information content (AvgIpc) is 2.39. The highest BCUT2D eigenvalue weighted by Crippen LogP contribution is 2.27. The Bertz CT molecular complexity index is 510.